The molecule has 0 aromatic heterocycles. The van der Waals surface area contributed by atoms with Crippen molar-refractivity contribution in [3.8, 4) is 0 Å². The molecule has 2 fully saturated rings. The third-order valence-electron chi connectivity index (χ3n) is 5.15. The van der Waals surface area contributed by atoms with Gasteiger partial charge in [-0.1, -0.05) is 30.3 Å². The van der Waals surface area contributed by atoms with Crippen LogP contribution in [0.4, 0.5) is 16.2 Å². The molecule has 1 heterocycles. The van der Waals surface area contributed by atoms with Crippen LogP contribution in [0.2, 0.25) is 0 Å². The van der Waals surface area contributed by atoms with Crippen molar-refractivity contribution in [3.63, 3.8) is 0 Å². The molecule has 1 aliphatic carbocycles. The number of piperazine rings is 1. The number of ether oxygens (including phenoxy) is 1. The highest BCUT2D eigenvalue weighted by Crippen LogP contribution is 2.45. The van der Waals surface area contributed by atoms with E-state index in [1.807, 2.05) is 36.4 Å². The fourth-order valence-corrected chi connectivity index (χ4v) is 3.52. The topological polar surface area (TPSA) is 58.8 Å². The fraction of sp³-hybridized carbons (Fsp3) is 0.381. The SMILES string of the molecule is Nc1ccc(N2CCN(C(=O)OCc3ccccc3)CC2)c(C2CC2)c1. The number of nitrogens with zero attached hydrogens (tertiary/aromatic N) is 2. The molecule has 5 heteroatoms. The van der Waals surface area contributed by atoms with E-state index in [4.69, 9.17) is 10.5 Å². The second-order valence-corrected chi connectivity index (χ2v) is 7.11. The Labute approximate surface area is 154 Å². The number of nitrogen functional groups attached to an aromatic ring is 1. The molecule has 4 rings (SSSR count). The third-order valence-corrected chi connectivity index (χ3v) is 5.15. The smallest absolute Gasteiger partial charge is 0.410 e. The quantitative estimate of drug-likeness (QED) is 0.855. The lowest BCUT2D eigenvalue weighted by Crippen LogP contribution is -2.49. The number of carbonyl (C=O) groups excluding carboxylic acids is 1. The first-order chi connectivity index (χ1) is 12.7. The number of hydrogen-bond acceptors (Lipinski definition) is 4. The van der Waals surface area contributed by atoms with Crippen molar-refractivity contribution in [2.75, 3.05) is 36.8 Å². The maximum Gasteiger partial charge on any atom is 0.410 e. The van der Waals surface area contributed by atoms with Crippen LogP contribution < -0.4 is 10.6 Å². The Morgan fingerprint density at radius 2 is 1.77 bits per heavy atom. The van der Waals surface area contributed by atoms with E-state index >= 15 is 0 Å². The van der Waals surface area contributed by atoms with Crippen LogP contribution >= 0.6 is 0 Å². The number of carbonyl (C=O) groups is 1. The van der Waals surface area contributed by atoms with Crippen molar-refractivity contribution in [2.45, 2.75) is 25.4 Å². The van der Waals surface area contributed by atoms with Gasteiger partial charge < -0.3 is 20.3 Å². The van der Waals surface area contributed by atoms with Crippen LogP contribution in [0, 0.1) is 0 Å². The molecule has 0 unspecified atom stereocenters. The summed E-state index contributed by atoms with van der Waals surface area (Å²) in [6.07, 6.45) is 2.28. The van der Waals surface area contributed by atoms with Gasteiger partial charge in [0.2, 0.25) is 0 Å². The lowest BCUT2D eigenvalue weighted by molar-refractivity contribution is 0.0942. The van der Waals surface area contributed by atoms with Crippen LogP contribution in [0.3, 0.4) is 0 Å². The van der Waals surface area contributed by atoms with Gasteiger partial charge in [0.05, 0.1) is 0 Å². The zero-order valence-corrected chi connectivity index (χ0v) is 14.9. The average Bonchev–Trinajstić information content (AvgIpc) is 3.52. The minimum absolute atomic E-state index is 0.228. The number of amides is 1. The number of rotatable bonds is 4. The standard InChI is InChI=1S/C21H25N3O2/c22-18-8-9-20(19(14-18)17-6-7-17)23-10-12-24(13-11-23)21(25)26-15-16-4-2-1-3-5-16/h1-5,8-9,14,17H,6-7,10-13,15,22H2. The Morgan fingerprint density at radius 3 is 2.46 bits per heavy atom. The number of benzene rings is 2. The summed E-state index contributed by atoms with van der Waals surface area (Å²) in [7, 11) is 0. The number of anilines is 2. The van der Waals surface area contributed by atoms with Crippen molar-refractivity contribution in [2.24, 2.45) is 0 Å². The summed E-state index contributed by atoms with van der Waals surface area (Å²) in [6, 6.07) is 16.0. The second-order valence-electron chi connectivity index (χ2n) is 7.11. The molecule has 1 saturated heterocycles. The van der Waals surface area contributed by atoms with E-state index in [9.17, 15) is 4.79 Å². The van der Waals surface area contributed by atoms with Crippen LogP contribution in [0.5, 0.6) is 0 Å². The Balaban J connectivity index is 1.33. The van der Waals surface area contributed by atoms with Gasteiger partial charge in [-0.05, 0) is 48.1 Å². The van der Waals surface area contributed by atoms with Crippen molar-refractivity contribution < 1.29 is 9.53 Å². The summed E-state index contributed by atoms with van der Waals surface area (Å²) >= 11 is 0. The van der Waals surface area contributed by atoms with Crippen LogP contribution in [-0.2, 0) is 11.3 Å². The van der Waals surface area contributed by atoms with E-state index in [0.717, 1.165) is 24.3 Å². The normalized spacial score (nSPS) is 17.2. The molecule has 2 aliphatic rings. The molecule has 1 amide bonds. The second kappa shape index (κ2) is 7.28. The lowest BCUT2D eigenvalue weighted by Gasteiger charge is -2.36. The van der Waals surface area contributed by atoms with E-state index in [0.29, 0.717) is 25.6 Å². The van der Waals surface area contributed by atoms with Gasteiger partial charge in [0, 0.05) is 37.6 Å². The minimum atomic E-state index is -0.228. The molecule has 0 radical (unpaired) electrons. The Hall–Kier alpha value is -2.69. The van der Waals surface area contributed by atoms with Crippen LogP contribution in [-0.4, -0.2) is 37.2 Å². The molecule has 5 nitrogen and oxygen atoms in total. The molecular weight excluding hydrogens is 326 g/mol. The summed E-state index contributed by atoms with van der Waals surface area (Å²) in [6.45, 7) is 3.34. The summed E-state index contributed by atoms with van der Waals surface area (Å²) < 4.78 is 5.45. The summed E-state index contributed by atoms with van der Waals surface area (Å²) in [5.74, 6) is 0.655. The average molecular weight is 351 g/mol. The molecule has 0 bridgehead atoms. The number of nitrogens with two attached hydrogens (primary N) is 1. The maximum atomic E-state index is 12.3. The first-order valence-corrected chi connectivity index (χ1v) is 9.31. The van der Waals surface area contributed by atoms with Crippen molar-refractivity contribution in [1.29, 1.82) is 0 Å². The predicted molar refractivity (Wildman–Crippen MR) is 103 cm³/mol. The van der Waals surface area contributed by atoms with Gasteiger partial charge in [0.15, 0.2) is 0 Å². The van der Waals surface area contributed by atoms with Gasteiger partial charge in [-0.2, -0.15) is 0 Å². The van der Waals surface area contributed by atoms with Gasteiger partial charge in [0.1, 0.15) is 6.61 Å². The van der Waals surface area contributed by atoms with Crippen LogP contribution in [0.1, 0.15) is 29.9 Å². The van der Waals surface area contributed by atoms with Crippen LogP contribution in [0.25, 0.3) is 0 Å². The summed E-state index contributed by atoms with van der Waals surface area (Å²) in [5.41, 5.74) is 10.5. The maximum absolute atomic E-state index is 12.3. The molecule has 2 aromatic carbocycles. The first kappa shape index (κ1) is 16.8. The lowest BCUT2D eigenvalue weighted by atomic mass is 10.1. The fourth-order valence-electron chi connectivity index (χ4n) is 3.52. The highest BCUT2D eigenvalue weighted by atomic mass is 16.6. The Bertz CT molecular complexity index is 766. The molecule has 0 atom stereocenters. The van der Waals surface area contributed by atoms with Crippen molar-refractivity contribution in [3.05, 3.63) is 59.7 Å². The highest BCUT2D eigenvalue weighted by molar-refractivity contribution is 5.69. The Kier molecular flexibility index (Phi) is 4.69. The minimum Gasteiger partial charge on any atom is -0.445 e. The molecular formula is C21H25N3O2. The van der Waals surface area contributed by atoms with E-state index in [1.165, 1.54) is 24.1 Å². The molecule has 2 aromatic rings. The van der Waals surface area contributed by atoms with Gasteiger partial charge in [-0.25, -0.2) is 4.79 Å². The monoisotopic (exact) mass is 351 g/mol. The zero-order valence-electron chi connectivity index (χ0n) is 14.9. The van der Waals surface area contributed by atoms with Gasteiger partial charge in [0.25, 0.3) is 0 Å². The summed E-state index contributed by atoms with van der Waals surface area (Å²) in [4.78, 5) is 16.5. The molecule has 1 saturated carbocycles. The number of hydrogen-bond donors (Lipinski definition) is 1. The molecule has 1 aliphatic heterocycles. The molecule has 2 N–H and O–H groups in total. The molecule has 0 spiro atoms. The van der Waals surface area contributed by atoms with Crippen LogP contribution in [0.15, 0.2) is 48.5 Å². The molecule has 136 valence electrons. The predicted octanol–water partition coefficient (Wildman–Crippen LogP) is 3.61. The largest absolute Gasteiger partial charge is 0.445 e. The van der Waals surface area contributed by atoms with E-state index in [2.05, 4.69) is 17.0 Å². The zero-order chi connectivity index (χ0) is 17.9. The Morgan fingerprint density at radius 1 is 1.04 bits per heavy atom. The first-order valence-electron chi connectivity index (χ1n) is 9.31. The molecule has 26 heavy (non-hydrogen) atoms. The van der Waals surface area contributed by atoms with E-state index in [-0.39, 0.29) is 6.09 Å². The van der Waals surface area contributed by atoms with Gasteiger partial charge >= 0.3 is 6.09 Å². The van der Waals surface area contributed by atoms with Crippen molar-refractivity contribution in [1.82, 2.24) is 4.90 Å². The summed E-state index contributed by atoms with van der Waals surface area (Å²) in [5, 5.41) is 0. The third kappa shape index (κ3) is 3.77. The van der Waals surface area contributed by atoms with E-state index in [1.54, 1.807) is 4.90 Å². The van der Waals surface area contributed by atoms with Gasteiger partial charge in [-0.15, -0.1) is 0 Å². The highest BCUT2D eigenvalue weighted by Gasteiger charge is 2.30. The van der Waals surface area contributed by atoms with Crippen molar-refractivity contribution >= 4 is 17.5 Å². The van der Waals surface area contributed by atoms with Gasteiger partial charge in [-0.3, -0.25) is 0 Å². The van der Waals surface area contributed by atoms with E-state index < -0.39 is 0 Å².